The van der Waals surface area contributed by atoms with Gasteiger partial charge < -0.3 is 4.74 Å². The number of hydrazine groups is 1. The van der Waals surface area contributed by atoms with E-state index in [1.54, 1.807) is 0 Å². The molecule has 3 unspecified atom stereocenters. The van der Waals surface area contributed by atoms with Crippen LogP contribution in [0.4, 0.5) is 0 Å². The fourth-order valence-electron chi connectivity index (χ4n) is 4.91. The molecule has 162 valence electrons. The summed E-state index contributed by atoms with van der Waals surface area (Å²) in [4.78, 5) is 7.08. The van der Waals surface area contributed by atoms with E-state index in [0.717, 1.165) is 43.7 Å². The standard InChI is InChI=1S/C25H29ClN4O/c26-20-5-2-6-22(14-20)31-13-10-21-15-25(29-28-21)19-9-12-30(17-19)16-18-4-1-8-24-23(18)7-3-11-27-24/h1-8,11,14,19,21,25,28-29H,9-10,12-13,15-17H2. The number of nitrogens with one attached hydrogen (secondary N) is 2. The predicted octanol–water partition coefficient (Wildman–Crippen LogP) is 4.41. The van der Waals surface area contributed by atoms with Gasteiger partial charge in [-0.15, -0.1) is 0 Å². The van der Waals surface area contributed by atoms with Crippen LogP contribution in [-0.2, 0) is 6.54 Å². The largest absolute Gasteiger partial charge is 0.493 e. The first-order valence-electron chi connectivity index (χ1n) is 11.2. The molecule has 0 radical (unpaired) electrons. The van der Waals surface area contributed by atoms with E-state index < -0.39 is 0 Å². The number of hydrogen-bond acceptors (Lipinski definition) is 5. The van der Waals surface area contributed by atoms with Crippen molar-refractivity contribution in [2.24, 2.45) is 5.92 Å². The molecule has 2 fully saturated rings. The highest BCUT2D eigenvalue weighted by Crippen LogP contribution is 2.28. The van der Waals surface area contributed by atoms with Gasteiger partial charge >= 0.3 is 0 Å². The summed E-state index contributed by atoms with van der Waals surface area (Å²) in [7, 11) is 0. The van der Waals surface area contributed by atoms with E-state index in [1.807, 2.05) is 36.5 Å². The van der Waals surface area contributed by atoms with Gasteiger partial charge in [0.05, 0.1) is 12.1 Å². The maximum absolute atomic E-state index is 6.02. The molecule has 5 rings (SSSR count). The van der Waals surface area contributed by atoms with Crippen LogP contribution in [0.15, 0.2) is 60.8 Å². The lowest BCUT2D eigenvalue weighted by Gasteiger charge is -2.20. The Morgan fingerprint density at radius 1 is 1.10 bits per heavy atom. The number of pyridine rings is 1. The Bertz CT molecular complexity index is 1020. The number of hydrogen-bond donors (Lipinski definition) is 2. The minimum Gasteiger partial charge on any atom is -0.493 e. The van der Waals surface area contributed by atoms with Crippen molar-refractivity contribution in [1.29, 1.82) is 0 Å². The van der Waals surface area contributed by atoms with Crippen LogP contribution >= 0.6 is 11.6 Å². The van der Waals surface area contributed by atoms with Crippen molar-refractivity contribution in [2.45, 2.75) is 37.9 Å². The molecule has 2 N–H and O–H groups in total. The molecule has 0 amide bonds. The smallest absolute Gasteiger partial charge is 0.120 e. The van der Waals surface area contributed by atoms with Gasteiger partial charge in [-0.05, 0) is 67.6 Å². The molecule has 3 heterocycles. The van der Waals surface area contributed by atoms with E-state index in [-0.39, 0.29) is 0 Å². The first-order chi connectivity index (χ1) is 15.2. The van der Waals surface area contributed by atoms with Crippen molar-refractivity contribution in [3.8, 4) is 5.75 Å². The molecule has 0 bridgehead atoms. The molecule has 2 saturated heterocycles. The Hall–Kier alpha value is -2.18. The maximum atomic E-state index is 6.02. The molecule has 31 heavy (non-hydrogen) atoms. The highest BCUT2D eigenvalue weighted by atomic mass is 35.5. The number of rotatable bonds is 7. The number of benzene rings is 2. The molecule has 2 aromatic carbocycles. The van der Waals surface area contributed by atoms with Crippen molar-refractivity contribution in [3.63, 3.8) is 0 Å². The normalized spacial score (nSPS) is 24.1. The van der Waals surface area contributed by atoms with E-state index in [2.05, 4.69) is 45.0 Å². The number of halogens is 1. The molecule has 0 saturated carbocycles. The quantitative estimate of drug-likeness (QED) is 0.574. The summed E-state index contributed by atoms with van der Waals surface area (Å²) in [6.07, 6.45) is 5.24. The second kappa shape index (κ2) is 9.53. The van der Waals surface area contributed by atoms with Gasteiger partial charge in [0.2, 0.25) is 0 Å². The van der Waals surface area contributed by atoms with Gasteiger partial charge in [-0.2, -0.15) is 0 Å². The molecule has 6 heteroatoms. The molecular formula is C25H29ClN4O. The first-order valence-corrected chi connectivity index (χ1v) is 11.6. The Labute approximate surface area is 188 Å². The second-order valence-electron chi connectivity index (χ2n) is 8.69. The zero-order valence-electron chi connectivity index (χ0n) is 17.6. The Balaban J connectivity index is 1.10. The molecule has 0 spiro atoms. The number of fused-ring (bicyclic) bond motifs is 1. The molecule has 3 aromatic rings. The summed E-state index contributed by atoms with van der Waals surface area (Å²) in [6.45, 7) is 3.98. The molecule has 1 aromatic heterocycles. The molecule has 3 atom stereocenters. The summed E-state index contributed by atoms with van der Waals surface area (Å²) < 4.78 is 5.86. The van der Waals surface area contributed by atoms with Crippen molar-refractivity contribution in [1.82, 2.24) is 20.7 Å². The van der Waals surface area contributed by atoms with Gasteiger partial charge in [-0.25, -0.2) is 0 Å². The third-order valence-electron chi connectivity index (χ3n) is 6.55. The Morgan fingerprint density at radius 3 is 2.97 bits per heavy atom. The fraction of sp³-hybridized carbons (Fsp3) is 0.400. The van der Waals surface area contributed by atoms with E-state index in [0.29, 0.717) is 29.6 Å². The average molecular weight is 437 g/mol. The van der Waals surface area contributed by atoms with Crippen LogP contribution in [0, 0.1) is 5.92 Å². The fourth-order valence-corrected chi connectivity index (χ4v) is 5.09. The van der Waals surface area contributed by atoms with Crippen LogP contribution in [0.3, 0.4) is 0 Å². The van der Waals surface area contributed by atoms with E-state index in [9.17, 15) is 0 Å². The van der Waals surface area contributed by atoms with Crippen LogP contribution in [-0.4, -0.2) is 41.7 Å². The second-order valence-corrected chi connectivity index (χ2v) is 9.13. The molecular weight excluding hydrogens is 408 g/mol. The SMILES string of the molecule is Clc1cccc(OCCC2CC(C3CCN(Cc4cccc5ncccc45)C3)NN2)c1. The van der Waals surface area contributed by atoms with Crippen molar-refractivity contribution in [2.75, 3.05) is 19.7 Å². The highest BCUT2D eigenvalue weighted by molar-refractivity contribution is 6.30. The van der Waals surface area contributed by atoms with Crippen molar-refractivity contribution < 1.29 is 4.74 Å². The van der Waals surface area contributed by atoms with Gasteiger partial charge in [0.25, 0.3) is 0 Å². The summed E-state index contributed by atoms with van der Waals surface area (Å²) in [5.41, 5.74) is 9.50. The van der Waals surface area contributed by atoms with Crippen LogP contribution in [0.25, 0.3) is 10.9 Å². The number of aromatic nitrogens is 1. The molecule has 2 aliphatic heterocycles. The van der Waals surface area contributed by atoms with E-state index in [4.69, 9.17) is 16.3 Å². The van der Waals surface area contributed by atoms with Crippen LogP contribution < -0.4 is 15.6 Å². The minimum atomic E-state index is 0.447. The summed E-state index contributed by atoms with van der Waals surface area (Å²) in [6, 6.07) is 19.2. The van der Waals surface area contributed by atoms with Gasteiger partial charge in [-0.1, -0.05) is 35.9 Å². The van der Waals surface area contributed by atoms with Crippen molar-refractivity contribution >= 4 is 22.5 Å². The van der Waals surface area contributed by atoms with Crippen LogP contribution in [0.2, 0.25) is 5.02 Å². The van der Waals surface area contributed by atoms with E-state index in [1.165, 1.54) is 17.4 Å². The third-order valence-corrected chi connectivity index (χ3v) is 6.79. The lowest BCUT2D eigenvalue weighted by molar-refractivity contribution is 0.288. The Morgan fingerprint density at radius 2 is 2.03 bits per heavy atom. The number of nitrogens with zero attached hydrogens (tertiary/aromatic N) is 2. The first kappa shape index (κ1) is 20.7. The lowest BCUT2D eigenvalue weighted by Crippen LogP contribution is -2.38. The number of likely N-dealkylation sites (tertiary alicyclic amines) is 1. The van der Waals surface area contributed by atoms with Crippen LogP contribution in [0.5, 0.6) is 5.75 Å². The number of ether oxygens (including phenoxy) is 1. The zero-order chi connectivity index (χ0) is 21.0. The topological polar surface area (TPSA) is 49.4 Å². The maximum Gasteiger partial charge on any atom is 0.120 e. The highest BCUT2D eigenvalue weighted by Gasteiger charge is 2.34. The summed E-state index contributed by atoms with van der Waals surface area (Å²) in [5.74, 6) is 1.52. The summed E-state index contributed by atoms with van der Waals surface area (Å²) in [5, 5.41) is 1.98. The molecule has 0 aliphatic carbocycles. The van der Waals surface area contributed by atoms with Crippen molar-refractivity contribution in [3.05, 3.63) is 71.4 Å². The predicted molar refractivity (Wildman–Crippen MR) is 125 cm³/mol. The van der Waals surface area contributed by atoms with Crippen LogP contribution in [0.1, 0.15) is 24.8 Å². The Kier molecular flexibility index (Phi) is 6.37. The van der Waals surface area contributed by atoms with Gasteiger partial charge in [-0.3, -0.25) is 20.7 Å². The minimum absolute atomic E-state index is 0.447. The third kappa shape index (κ3) is 5.01. The average Bonchev–Trinajstić information content (AvgIpc) is 3.44. The monoisotopic (exact) mass is 436 g/mol. The van der Waals surface area contributed by atoms with E-state index >= 15 is 0 Å². The van der Waals surface area contributed by atoms with Gasteiger partial charge in [0.15, 0.2) is 0 Å². The lowest BCUT2D eigenvalue weighted by atomic mass is 9.94. The molecule has 5 nitrogen and oxygen atoms in total. The van der Waals surface area contributed by atoms with Gasteiger partial charge in [0, 0.05) is 41.8 Å². The summed E-state index contributed by atoms with van der Waals surface area (Å²) >= 11 is 6.02. The van der Waals surface area contributed by atoms with Gasteiger partial charge in [0.1, 0.15) is 5.75 Å². The zero-order valence-corrected chi connectivity index (χ0v) is 18.4. The molecule has 2 aliphatic rings.